The van der Waals surface area contributed by atoms with E-state index in [1.807, 2.05) is 12.3 Å². The van der Waals surface area contributed by atoms with Crippen LogP contribution in [0.2, 0.25) is 0 Å². The second-order valence-electron chi connectivity index (χ2n) is 5.97. The van der Waals surface area contributed by atoms with Crippen LogP contribution in [0, 0.1) is 4.77 Å². The van der Waals surface area contributed by atoms with Gasteiger partial charge in [-0.05, 0) is 42.1 Å². The van der Waals surface area contributed by atoms with Crippen LogP contribution in [-0.2, 0) is 13.0 Å². The lowest BCUT2D eigenvalue weighted by Gasteiger charge is -2.30. The van der Waals surface area contributed by atoms with Crippen LogP contribution < -0.4 is 4.74 Å². The zero-order valence-corrected chi connectivity index (χ0v) is 13.4. The summed E-state index contributed by atoms with van der Waals surface area (Å²) in [7, 11) is 0. The number of aromatic hydroxyl groups is 1. The Hall–Kier alpha value is -2.18. The van der Waals surface area contributed by atoms with E-state index in [9.17, 15) is 5.11 Å². The van der Waals surface area contributed by atoms with Crippen molar-refractivity contribution in [2.24, 2.45) is 0 Å². The summed E-state index contributed by atoms with van der Waals surface area (Å²) in [4.78, 5) is 9.74. The molecule has 6 heteroatoms. The number of hydrogen-bond acceptors (Lipinski definition) is 5. The predicted octanol–water partition coefficient (Wildman–Crippen LogP) is 2.68. The Morgan fingerprint density at radius 1 is 1.39 bits per heavy atom. The fraction of sp³-hybridized carbons (Fsp3) is 0.294. The summed E-state index contributed by atoms with van der Waals surface area (Å²) in [6, 6.07) is 5.20. The van der Waals surface area contributed by atoms with Gasteiger partial charge in [0.05, 0.1) is 0 Å². The molecular formula is C17H17N3O2S. The zero-order valence-electron chi connectivity index (χ0n) is 12.6. The van der Waals surface area contributed by atoms with E-state index in [0.29, 0.717) is 11.4 Å². The summed E-state index contributed by atoms with van der Waals surface area (Å²) in [6.07, 6.45) is 4.94. The lowest BCUT2D eigenvalue weighted by atomic mass is 10.0. The van der Waals surface area contributed by atoms with Crippen molar-refractivity contribution in [2.45, 2.75) is 13.0 Å². The third kappa shape index (κ3) is 3.00. The number of nitrogens with one attached hydrogen (secondary N) is 1. The summed E-state index contributed by atoms with van der Waals surface area (Å²) in [5.74, 6) is 1.09. The van der Waals surface area contributed by atoms with E-state index in [0.717, 1.165) is 37.4 Å². The van der Waals surface area contributed by atoms with E-state index in [2.05, 4.69) is 20.9 Å². The highest BCUT2D eigenvalue weighted by Crippen LogP contribution is 2.30. The van der Waals surface area contributed by atoms with E-state index in [4.69, 9.17) is 17.0 Å². The van der Waals surface area contributed by atoms with Crippen molar-refractivity contribution in [3.8, 4) is 11.5 Å². The number of phenols is 1. The number of fused-ring (bicyclic) bond motifs is 2. The molecule has 0 bridgehead atoms. The minimum Gasteiger partial charge on any atom is -0.508 e. The van der Waals surface area contributed by atoms with Crippen molar-refractivity contribution >= 4 is 18.3 Å². The molecule has 5 nitrogen and oxygen atoms in total. The quantitative estimate of drug-likeness (QED) is 0.831. The van der Waals surface area contributed by atoms with Gasteiger partial charge in [0.25, 0.3) is 0 Å². The van der Waals surface area contributed by atoms with E-state index >= 15 is 0 Å². The molecule has 0 unspecified atom stereocenters. The van der Waals surface area contributed by atoms with Gasteiger partial charge in [0, 0.05) is 49.1 Å². The van der Waals surface area contributed by atoms with Crippen molar-refractivity contribution < 1.29 is 9.84 Å². The Labute approximate surface area is 139 Å². The molecule has 23 heavy (non-hydrogen) atoms. The molecule has 0 amide bonds. The topological polar surface area (TPSA) is 61.4 Å². The highest BCUT2D eigenvalue weighted by atomic mass is 32.1. The summed E-state index contributed by atoms with van der Waals surface area (Å²) >= 11 is 5.08. The highest BCUT2D eigenvalue weighted by Gasteiger charge is 2.20. The Bertz CT molecular complexity index is 844. The second-order valence-corrected chi connectivity index (χ2v) is 6.35. The first-order valence-electron chi connectivity index (χ1n) is 7.62. The number of hydrogen-bond donors (Lipinski definition) is 2. The average Bonchev–Trinajstić information content (AvgIpc) is 2.54. The maximum atomic E-state index is 9.61. The largest absolute Gasteiger partial charge is 0.508 e. The van der Waals surface area contributed by atoms with E-state index in [1.165, 1.54) is 16.8 Å². The van der Waals surface area contributed by atoms with Gasteiger partial charge < -0.3 is 14.8 Å². The van der Waals surface area contributed by atoms with Gasteiger partial charge in [0.2, 0.25) is 0 Å². The molecule has 2 aromatic rings. The molecule has 0 saturated carbocycles. The van der Waals surface area contributed by atoms with E-state index in [1.54, 1.807) is 12.1 Å². The first-order chi connectivity index (χ1) is 11.2. The molecule has 3 heterocycles. The van der Waals surface area contributed by atoms with E-state index < -0.39 is 0 Å². The molecule has 0 radical (unpaired) electrons. The molecule has 0 fully saturated rings. The Kier molecular flexibility index (Phi) is 3.63. The Morgan fingerprint density at radius 2 is 2.30 bits per heavy atom. The predicted molar refractivity (Wildman–Crippen MR) is 90.0 cm³/mol. The number of rotatable bonds is 2. The number of phenolic OH excluding ortho intramolecular Hbond substituents is 1. The van der Waals surface area contributed by atoms with Crippen LogP contribution in [-0.4, -0.2) is 39.7 Å². The smallest absolute Gasteiger partial charge is 0.196 e. The Morgan fingerprint density at radius 3 is 3.22 bits per heavy atom. The average molecular weight is 327 g/mol. The first kappa shape index (κ1) is 14.4. The fourth-order valence-corrected chi connectivity index (χ4v) is 3.31. The Balaban J connectivity index is 1.51. The molecule has 0 atom stereocenters. The van der Waals surface area contributed by atoms with E-state index in [-0.39, 0.29) is 5.75 Å². The number of benzene rings is 1. The van der Waals surface area contributed by atoms with Gasteiger partial charge in [0.15, 0.2) is 4.77 Å². The molecule has 1 aromatic heterocycles. The highest BCUT2D eigenvalue weighted by molar-refractivity contribution is 7.71. The molecule has 2 aliphatic rings. The standard InChI is InChI=1S/C17H17N3O2S/c21-14-1-2-16-12(6-14)5-11(10-22-16)8-20-4-3-15-13(9-20)7-18-17(23)19-15/h1-2,5-7,21H,3-4,8-10H2,(H,18,19,23). The van der Waals surface area contributed by atoms with Crippen molar-refractivity contribution in [3.63, 3.8) is 0 Å². The first-order valence-corrected chi connectivity index (χ1v) is 8.03. The molecule has 118 valence electrons. The molecule has 0 saturated heterocycles. The fourth-order valence-electron chi connectivity index (χ4n) is 3.13. The van der Waals surface area contributed by atoms with Gasteiger partial charge in [0.1, 0.15) is 18.1 Å². The minimum atomic E-state index is 0.262. The van der Waals surface area contributed by atoms with Crippen molar-refractivity contribution in [1.82, 2.24) is 14.9 Å². The van der Waals surface area contributed by atoms with Gasteiger partial charge in [-0.25, -0.2) is 4.98 Å². The number of ether oxygens (including phenoxy) is 1. The molecule has 2 aliphatic heterocycles. The molecule has 4 rings (SSSR count). The van der Waals surface area contributed by atoms with Gasteiger partial charge in [-0.2, -0.15) is 0 Å². The number of nitrogens with zero attached hydrogens (tertiary/aromatic N) is 2. The molecule has 2 N–H and O–H groups in total. The van der Waals surface area contributed by atoms with Crippen LogP contribution in [0.25, 0.3) is 6.08 Å². The van der Waals surface area contributed by atoms with Crippen molar-refractivity contribution in [2.75, 3.05) is 19.7 Å². The third-order valence-electron chi connectivity index (χ3n) is 4.25. The maximum Gasteiger partial charge on any atom is 0.196 e. The molecule has 0 spiro atoms. The van der Waals surface area contributed by atoms with Crippen molar-refractivity contribution in [3.05, 3.63) is 51.6 Å². The lowest BCUT2D eigenvalue weighted by Crippen LogP contribution is -2.34. The molecule has 1 aromatic carbocycles. The van der Waals surface area contributed by atoms with Crippen LogP contribution in [0.4, 0.5) is 0 Å². The summed E-state index contributed by atoms with van der Waals surface area (Å²) in [5.41, 5.74) is 4.56. The number of aromatic nitrogens is 2. The SMILES string of the molecule is Oc1ccc2c(c1)C=C(CN1CCc3[nH]c(=S)ncc3C1)CO2. The van der Waals surface area contributed by atoms with Gasteiger partial charge >= 0.3 is 0 Å². The van der Waals surface area contributed by atoms with Crippen molar-refractivity contribution in [1.29, 1.82) is 0 Å². The normalized spacial score (nSPS) is 17.0. The summed E-state index contributed by atoms with van der Waals surface area (Å²) < 4.78 is 6.33. The lowest BCUT2D eigenvalue weighted by molar-refractivity contribution is 0.255. The second kappa shape index (κ2) is 5.79. The summed E-state index contributed by atoms with van der Waals surface area (Å²) in [6.45, 7) is 3.28. The third-order valence-corrected chi connectivity index (χ3v) is 4.46. The maximum absolute atomic E-state index is 9.61. The van der Waals surface area contributed by atoms with Crippen LogP contribution >= 0.6 is 12.2 Å². The zero-order chi connectivity index (χ0) is 15.8. The summed E-state index contributed by atoms with van der Waals surface area (Å²) in [5, 5.41) is 9.61. The van der Waals surface area contributed by atoms with Crippen LogP contribution in [0.3, 0.4) is 0 Å². The van der Waals surface area contributed by atoms with Gasteiger partial charge in [-0.1, -0.05) is 0 Å². The molecular weight excluding hydrogens is 310 g/mol. The number of aromatic amines is 1. The molecule has 0 aliphatic carbocycles. The van der Waals surface area contributed by atoms with Crippen LogP contribution in [0.15, 0.2) is 30.0 Å². The van der Waals surface area contributed by atoms with Crippen LogP contribution in [0.1, 0.15) is 16.8 Å². The monoisotopic (exact) mass is 327 g/mol. The van der Waals surface area contributed by atoms with Gasteiger partial charge in [-0.3, -0.25) is 4.90 Å². The number of H-pyrrole nitrogens is 1. The minimum absolute atomic E-state index is 0.262. The van der Waals surface area contributed by atoms with Gasteiger partial charge in [-0.15, -0.1) is 0 Å². The van der Waals surface area contributed by atoms with Crippen LogP contribution in [0.5, 0.6) is 11.5 Å².